The molecule has 0 bridgehead atoms. The number of phenols is 1. The second-order valence-electron chi connectivity index (χ2n) is 10.3. The molecule has 0 aliphatic carbocycles. The molecule has 0 radical (unpaired) electrons. The third kappa shape index (κ3) is 4.86. The maximum atomic E-state index is 11.3. The van der Waals surface area contributed by atoms with Gasteiger partial charge >= 0.3 is 0 Å². The molecule has 1 aliphatic rings. The quantitative estimate of drug-likeness (QED) is 0.525. The molecule has 1 saturated heterocycles. The number of nitrogens with zero attached hydrogens (tertiary/aromatic N) is 1. The van der Waals surface area contributed by atoms with Crippen LogP contribution in [0.4, 0.5) is 5.69 Å². The van der Waals surface area contributed by atoms with E-state index in [0.717, 1.165) is 30.6 Å². The van der Waals surface area contributed by atoms with Crippen LogP contribution in [-0.2, 0) is 10.6 Å². The summed E-state index contributed by atoms with van der Waals surface area (Å²) in [6.45, 7) is 17.8. The third-order valence-corrected chi connectivity index (χ3v) is 8.49. The summed E-state index contributed by atoms with van der Waals surface area (Å²) in [6.07, 6.45) is 4.92. The summed E-state index contributed by atoms with van der Waals surface area (Å²) >= 11 is 0. The Morgan fingerprint density at radius 2 is 1.53 bits per heavy atom. The fourth-order valence-corrected chi connectivity index (χ4v) is 6.18. The van der Waals surface area contributed by atoms with Gasteiger partial charge in [0.25, 0.3) is 0 Å². The average molecular weight is 426 g/mol. The van der Waals surface area contributed by atoms with Crippen LogP contribution in [0.2, 0.25) is 0 Å². The Morgan fingerprint density at radius 1 is 0.900 bits per heavy atom. The molecule has 1 aliphatic heterocycles. The molecule has 3 rings (SSSR count). The van der Waals surface area contributed by atoms with Gasteiger partial charge in [-0.3, -0.25) is 0 Å². The minimum atomic E-state index is -0.0874. The highest BCUT2D eigenvalue weighted by atomic mass is 31.1. The van der Waals surface area contributed by atoms with Crippen LogP contribution in [0.15, 0.2) is 30.3 Å². The lowest BCUT2D eigenvalue weighted by Crippen LogP contribution is -2.33. The Balaban J connectivity index is 2.06. The molecule has 1 heterocycles. The van der Waals surface area contributed by atoms with Crippen LogP contribution in [0.5, 0.6) is 5.75 Å². The van der Waals surface area contributed by atoms with Gasteiger partial charge in [0.2, 0.25) is 0 Å². The van der Waals surface area contributed by atoms with Crippen molar-refractivity contribution in [1.82, 2.24) is 0 Å². The topological polar surface area (TPSA) is 23.5 Å². The zero-order valence-corrected chi connectivity index (χ0v) is 21.0. The molecule has 30 heavy (non-hydrogen) atoms. The first-order chi connectivity index (χ1) is 14.0. The highest BCUT2D eigenvalue weighted by Crippen LogP contribution is 2.50. The van der Waals surface area contributed by atoms with Gasteiger partial charge in [0.1, 0.15) is 5.75 Å². The number of hydrogen-bond donors (Lipinski definition) is 1. The van der Waals surface area contributed by atoms with Gasteiger partial charge in [-0.1, -0.05) is 73.0 Å². The van der Waals surface area contributed by atoms with Crippen molar-refractivity contribution >= 4 is 19.6 Å². The Labute approximate surface area is 185 Å². The van der Waals surface area contributed by atoms with Crippen molar-refractivity contribution in [1.29, 1.82) is 0 Å². The number of phenolic OH excluding ortho intramolecular Hbond substituents is 1. The fourth-order valence-electron chi connectivity index (χ4n) is 4.56. The van der Waals surface area contributed by atoms with E-state index in [1.807, 2.05) is 0 Å². The molecule has 0 saturated carbocycles. The smallest absolute Gasteiger partial charge is 0.123 e. The SMILES string of the molecule is CCC(C)(Pc1ccc(C)cc1N1CCCCC1)c1cc(C)cc(C(C)(C)C)c1O. The van der Waals surface area contributed by atoms with Gasteiger partial charge in [-0.2, -0.15) is 0 Å². The molecule has 0 amide bonds. The summed E-state index contributed by atoms with van der Waals surface area (Å²) in [6, 6.07) is 11.3. The first-order valence-electron chi connectivity index (χ1n) is 11.5. The maximum absolute atomic E-state index is 11.3. The average Bonchev–Trinajstić information content (AvgIpc) is 2.70. The van der Waals surface area contributed by atoms with Gasteiger partial charge in [0, 0.05) is 29.5 Å². The number of anilines is 1. The fraction of sp³-hybridized carbons (Fsp3) is 0.556. The number of piperidine rings is 1. The molecule has 0 aromatic heterocycles. The zero-order valence-electron chi connectivity index (χ0n) is 20.0. The summed E-state index contributed by atoms with van der Waals surface area (Å²) in [5.41, 5.74) is 6.07. The van der Waals surface area contributed by atoms with Crippen molar-refractivity contribution in [2.75, 3.05) is 18.0 Å². The Hall–Kier alpha value is -1.53. The summed E-state index contributed by atoms with van der Waals surface area (Å²) in [7, 11) is 0.616. The van der Waals surface area contributed by atoms with E-state index in [4.69, 9.17) is 0 Å². The van der Waals surface area contributed by atoms with Crippen LogP contribution >= 0.6 is 8.58 Å². The number of aromatic hydroxyl groups is 1. The van der Waals surface area contributed by atoms with Gasteiger partial charge in [0.05, 0.1) is 0 Å². The third-order valence-electron chi connectivity index (χ3n) is 6.62. The van der Waals surface area contributed by atoms with Crippen LogP contribution in [0.1, 0.15) is 82.6 Å². The molecular weight excluding hydrogens is 385 g/mol. The normalized spacial score (nSPS) is 17.5. The van der Waals surface area contributed by atoms with Gasteiger partial charge in [-0.05, 0) is 67.4 Å². The predicted molar refractivity (Wildman–Crippen MR) is 134 cm³/mol. The minimum Gasteiger partial charge on any atom is -0.507 e. The Morgan fingerprint density at radius 3 is 2.13 bits per heavy atom. The first kappa shape index (κ1) is 23.1. The van der Waals surface area contributed by atoms with E-state index < -0.39 is 0 Å². The summed E-state index contributed by atoms with van der Waals surface area (Å²) in [5.74, 6) is 0.497. The molecule has 2 unspecified atom stereocenters. The molecule has 1 N–H and O–H groups in total. The van der Waals surface area contributed by atoms with Crippen LogP contribution < -0.4 is 10.2 Å². The van der Waals surface area contributed by atoms with E-state index in [0.29, 0.717) is 14.3 Å². The van der Waals surface area contributed by atoms with Crippen molar-refractivity contribution in [2.45, 2.75) is 84.7 Å². The molecule has 2 aromatic rings. The van der Waals surface area contributed by atoms with Crippen LogP contribution in [-0.4, -0.2) is 18.2 Å². The standard InChI is InChI=1S/C27H40NOP/c1-8-27(7,22-17-20(3)16-21(25(22)29)26(4,5)6)30-24-13-12-19(2)18-23(24)28-14-10-9-11-15-28/h12-13,16-18,29-30H,8-11,14-15H2,1-7H3. The van der Waals surface area contributed by atoms with E-state index in [1.165, 1.54) is 41.4 Å². The van der Waals surface area contributed by atoms with Crippen molar-refractivity contribution in [3.63, 3.8) is 0 Å². The highest BCUT2D eigenvalue weighted by Gasteiger charge is 2.33. The summed E-state index contributed by atoms with van der Waals surface area (Å²) in [5, 5.41) is 12.7. The monoisotopic (exact) mass is 425 g/mol. The molecule has 164 valence electrons. The van der Waals surface area contributed by atoms with E-state index in [9.17, 15) is 5.11 Å². The Bertz CT molecular complexity index is 892. The molecule has 2 nitrogen and oxygen atoms in total. The predicted octanol–water partition coefficient (Wildman–Crippen LogP) is 6.93. The summed E-state index contributed by atoms with van der Waals surface area (Å²) < 4.78 is 0. The van der Waals surface area contributed by atoms with Crippen LogP contribution in [0, 0.1) is 13.8 Å². The molecule has 1 fully saturated rings. The minimum absolute atomic E-state index is 0.0779. The van der Waals surface area contributed by atoms with Crippen molar-refractivity contribution in [3.8, 4) is 5.75 Å². The number of aryl methyl sites for hydroxylation is 2. The maximum Gasteiger partial charge on any atom is 0.123 e. The largest absolute Gasteiger partial charge is 0.507 e. The van der Waals surface area contributed by atoms with Crippen LogP contribution in [0.25, 0.3) is 0 Å². The van der Waals surface area contributed by atoms with Gasteiger partial charge in [0.15, 0.2) is 0 Å². The number of rotatable bonds is 5. The lowest BCUT2D eigenvalue weighted by atomic mass is 9.82. The lowest BCUT2D eigenvalue weighted by molar-refractivity contribution is 0.430. The first-order valence-corrected chi connectivity index (χ1v) is 12.5. The van der Waals surface area contributed by atoms with Crippen LogP contribution in [0.3, 0.4) is 0 Å². The molecular formula is C27H40NOP. The second-order valence-corrected chi connectivity index (χ2v) is 12.2. The van der Waals surface area contributed by atoms with Gasteiger partial charge in [-0.25, -0.2) is 0 Å². The molecule has 0 spiro atoms. The van der Waals surface area contributed by atoms with Gasteiger partial charge < -0.3 is 10.0 Å². The summed E-state index contributed by atoms with van der Waals surface area (Å²) in [4.78, 5) is 2.59. The van der Waals surface area contributed by atoms with E-state index in [1.54, 1.807) is 0 Å². The number of benzene rings is 2. The molecule has 3 heteroatoms. The molecule has 2 aromatic carbocycles. The Kier molecular flexibility index (Phi) is 6.87. The number of hydrogen-bond acceptors (Lipinski definition) is 2. The zero-order chi connectivity index (χ0) is 22.1. The van der Waals surface area contributed by atoms with Gasteiger partial charge in [-0.15, -0.1) is 0 Å². The van der Waals surface area contributed by atoms with E-state index >= 15 is 0 Å². The lowest BCUT2D eigenvalue weighted by Gasteiger charge is -2.36. The van der Waals surface area contributed by atoms with Crippen molar-refractivity contribution in [2.24, 2.45) is 0 Å². The highest BCUT2D eigenvalue weighted by molar-refractivity contribution is 7.49. The van der Waals surface area contributed by atoms with E-state index in [2.05, 4.69) is 83.7 Å². The van der Waals surface area contributed by atoms with E-state index in [-0.39, 0.29) is 10.6 Å². The van der Waals surface area contributed by atoms with Crippen molar-refractivity contribution < 1.29 is 5.11 Å². The molecule has 2 atom stereocenters. The second kappa shape index (κ2) is 8.91. The van der Waals surface area contributed by atoms with Crippen molar-refractivity contribution in [3.05, 3.63) is 52.6 Å².